The number of amides is 2. The van der Waals surface area contributed by atoms with Gasteiger partial charge in [0.2, 0.25) is 0 Å². The van der Waals surface area contributed by atoms with Crippen LogP contribution in [0.3, 0.4) is 0 Å². The molecule has 1 rings (SSSR count). The molecule has 166 valence electrons. The van der Waals surface area contributed by atoms with E-state index in [-0.39, 0.29) is 18.5 Å². The highest BCUT2D eigenvalue weighted by Gasteiger charge is 2.37. The van der Waals surface area contributed by atoms with Crippen LogP contribution in [0.5, 0.6) is 0 Å². The molecule has 0 fully saturated rings. The van der Waals surface area contributed by atoms with Crippen LogP contribution in [0.25, 0.3) is 0 Å². The lowest BCUT2D eigenvalue weighted by molar-refractivity contribution is 0.219. The minimum Gasteiger partial charge on any atom is -0.291 e. The Kier molecular flexibility index (Phi) is 10.7. The molecule has 29 heavy (non-hydrogen) atoms. The summed E-state index contributed by atoms with van der Waals surface area (Å²) < 4.78 is 29.7. The van der Waals surface area contributed by atoms with Gasteiger partial charge in [-0.25, -0.2) is 9.10 Å². The van der Waals surface area contributed by atoms with Gasteiger partial charge in [0.25, 0.3) is 0 Å². The summed E-state index contributed by atoms with van der Waals surface area (Å²) in [5.74, 6) is 0.0257. The summed E-state index contributed by atoms with van der Waals surface area (Å²) >= 11 is 0. The third-order valence-electron chi connectivity index (χ3n) is 4.63. The Morgan fingerprint density at radius 1 is 0.931 bits per heavy atom. The number of urea groups is 1. The third-order valence-corrected chi connectivity index (χ3v) is 6.51. The fourth-order valence-electron chi connectivity index (χ4n) is 3.09. The van der Waals surface area contributed by atoms with Crippen LogP contribution in [-0.2, 0) is 10.2 Å². The Balaban J connectivity index is 3.35. The van der Waals surface area contributed by atoms with Gasteiger partial charge < -0.3 is 0 Å². The van der Waals surface area contributed by atoms with Crippen LogP contribution in [0, 0.1) is 5.92 Å². The number of nitrogens with zero attached hydrogens (tertiary/aromatic N) is 3. The number of carbonyl (C=O) groups is 1. The molecular weight excluding hydrogens is 386 g/mol. The number of rotatable bonds is 12. The molecule has 0 aliphatic heterocycles. The van der Waals surface area contributed by atoms with Gasteiger partial charge in [-0.15, -0.1) is 0 Å². The number of anilines is 1. The van der Waals surface area contributed by atoms with E-state index in [0.717, 1.165) is 30.0 Å². The summed E-state index contributed by atoms with van der Waals surface area (Å²) in [5, 5.41) is 0. The number of hydrogen-bond donors (Lipinski definition) is 0. The Morgan fingerprint density at radius 2 is 1.45 bits per heavy atom. The first-order valence-corrected chi connectivity index (χ1v) is 12.2. The molecule has 2 amide bonds. The van der Waals surface area contributed by atoms with Gasteiger partial charge in [-0.05, 0) is 44.7 Å². The van der Waals surface area contributed by atoms with Crippen molar-refractivity contribution in [1.29, 1.82) is 0 Å². The molecule has 1 aromatic carbocycles. The molecule has 0 radical (unpaired) electrons. The highest BCUT2D eigenvalue weighted by Crippen LogP contribution is 2.23. The van der Waals surface area contributed by atoms with Crippen LogP contribution in [0.1, 0.15) is 67.2 Å². The van der Waals surface area contributed by atoms with Crippen molar-refractivity contribution in [2.75, 3.05) is 24.5 Å². The molecule has 0 aliphatic rings. The molecule has 6 nitrogen and oxygen atoms in total. The second kappa shape index (κ2) is 12.2. The Hall–Kier alpha value is -1.60. The first-order chi connectivity index (χ1) is 13.7. The van der Waals surface area contributed by atoms with E-state index in [1.54, 1.807) is 4.90 Å². The van der Waals surface area contributed by atoms with Gasteiger partial charge in [0.05, 0.1) is 0 Å². The second-order valence-corrected chi connectivity index (χ2v) is 9.97. The van der Waals surface area contributed by atoms with Crippen LogP contribution < -0.4 is 4.90 Å². The van der Waals surface area contributed by atoms with Crippen LogP contribution >= 0.6 is 0 Å². The van der Waals surface area contributed by atoms with E-state index in [2.05, 4.69) is 0 Å². The highest BCUT2D eigenvalue weighted by molar-refractivity contribution is 7.87. The maximum absolute atomic E-state index is 13.6. The summed E-state index contributed by atoms with van der Waals surface area (Å²) in [5.41, 5.74) is 0.699. The van der Waals surface area contributed by atoms with Gasteiger partial charge in [-0.1, -0.05) is 58.7 Å². The van der Waals surface area contributed by atoms with E-state index in [1.807, 2.05) is 71.9 Å². The normalized spacial score (nSPS) is 12.0. The van der Waals surface area contributed by atoms with E-state index in [1.165, 1.54) is 4.31 Å². The Morgan fingerprint density at radius 3 is 1.86 bits per heavy atom. The van der Waals surface area contributed by atoms with Crippen LogP contribution in [-0.4, -0.2) is 48.7 Å². The second-order valence-electron chi connectivity index (χ2n) is 8.12. The molecule has 0 unspecified atom stereocenters. The summed E-state index contributed by atoms with van der Waals surface area (Å²) in [6, 6.07) is 8.61. The van der Waals surface area contributed by atoms with Crippen molar-refractivity contribution in [3.05, 3.63) is 30.3 Å². The summed E-state index contributed by atoms with van der Waals surface area (Å²) in [7, 11) is -3.91. The monoisotopic (exact) mass is 425 g/mol. The number of hydrogen-bond acceptors (Lipinski definition) is 3. The van der Waals surface area contributed by atoms with E-state index >= 15 is 0 Å². The van der Waals surface area contributed by atoms with Crippen molar-refractivity contribution in [2.24, 2.45) is 5.92 Å². The van der Waals surface area contributed by atoms with Gasteiger partial charge in [0, 0.05) is 31.4 Å². The zero-order chi connectivity index (χ0) is 22.0. The maximum Gasteiger partial charge on any atom is 0.339 e. The zero-order valence-corrected chi connectivity index (χ0v) is 19.8. The first kappa shape index (κ1) is 25.4. The van der Waals surface area contributed by atoms with Crippen LogP contribution in [0.2, 0.25) is 0 Å². The molecule has 0 N–H and O–H groups in total. The van der Waals surface area contributed by atoms with Gasteiger partial charge in [-0.3, -0.25) is 4.90 Å². The molecule has 0 aromatic heterocycles. The van der Waals surface area contributed by atoms with Crippen molar-refractivity contribution < 1.29 is 13.2 Å². The highest BCUT2D eigenvalue weighted by atomic mass is 32.2. The first-order valence-electron chi connectivity index (χ1n) is 10.8. The Labute approximate surface area is 178 Å². The zero-order valence-electron chi connectivity index (χ0n) is 19.0. The van der Waals surface area contributed by atoms with Crippen molar-refractivity contribution >= 4 is 21.9 Å². The molecule has 0 atom stereocenters. The minimum absolute atomic E-state index is 0.0257. The van der Waals surface area contributed by atoms with Gasteiger partial charge in [0.1, 0.15) is 0 Å². The van der Waals surface area contributed by atoms with Gasteiger partial charge >= 0.3 is 16.2 Å². The molecule has 0 spiro atoms. The van der Waals surface area contributed by atoms with Gasteiger partial charge in [-0.2, -0.15) is 12.7 Å². The van der Waals surface area contributed by atoms with E-state index in [9.17, 15) is 13.2 Å². The lowest BCUT2D eigenvalue weighted by Gasteiger charge is -2.36. The maximum atomic E-state index is 13.6. The van der Waals surface area contributed by atoms with Crippen molar-refractivity contribution in [3.63, 3.8) is 0 Å². The number of benzene rings is 1. The molecule has 0 aliphatic carbocycles. The lowest BCUT2D eigenvalue weighted by Crippen LogP contribution is -2.54. The molecule has 1 aromatic rings. The predicted octanol–water partition coefficient (Wildman–Crippen LogP) is 5.13. The summed E-state index contributed by atoms with van der Waals surface area (Å²) in [6.45, 7) is 12.8. The standard InChI is InChI=1S/C22H39N3O3S/c1-7-9-16-23(17-10-8-2)29(27,28)24(18-19(3)4)22(26)25(20(5)6)21-14-12-11-13-15-21/h11-15,19-20H,7-10,16-18H2,1-6H3. The molecule has 0 heterocycles. The van der Waals surface area contributed by atoms with Crippen LogP contribution in [0.15, 0.2) is 30.3 Å². The minimum atomic E-state index is -3.91. The summed E-state index contributed by atoms with van der Waals surface area (Å²) in [6.07, 6.45) is 3.36. The number of carbonyl (C=O) groups excluding carboxylic acids is 1. The fraction of sp³-hybridized carbons (Fsp3) is 0.682. The van der Waals surface area contributed by atoms with E-state index in [4.69, 9.17) is 0 Å². The topological polar surface area (TPSA) is 60.9 Å². The van der Waals surface area contributed by atoms with E-state index < -0.39 is 16.2 Å². The predicted molar refractivity (Wildman–Crippen MR) is 121 cm³/mol. The molecular formula is C22H39N3O3S. The average Bonchev–Trinajstić information content (AvgIpc) is 2.66. The molecule has 7 heteroatoms. The quantitative estimate of drug-likeness (QED) is 0.466. The SMILES string of the molecule is CCCCN(CCCC)S(=O)(=O)N(CC(C)C)C(=O)N(c1ccccc1)C(C)C. The Bertz CT molecular complexity index is 697. The van der Waals surface area contributed by atoms with Crippen molar-refractivity contribution in [1.82, 2.24) is 8.61 Å². The average molecular weight is 426 g/mol. The van der Waals surface area contributed by atoms with Crippen molar-refractivity contribution in [2.45, 2.75) is 73.3 Å². The number of unbranched alkanes of at least 4 members (excludes halogenated alkanes) is 2. The molecule has 0 bridgehead atoms. The smallest absolute Gasteiger partial charge is 0.291 e. The fourth-order valence-corrected chi connectivity index (χ4v) is 4.86. The lowest BCUT2D eigenvalue weighted by atomic mass is 10.2. The molecule has 0 saturated carbocycles. The third kappa shape index (κ3) is 7.30. The van der Waals surface area contributed by atoms with Gasteiger partial charge in [0.15, 0.2) is 0 Å². The van der Waals surface area contributed by atoms with E-state index in [0.29, 0.717) is 18.8 Å². The summed E-state index contributed by atoms with van der Waals surface area (Å²) in [4.78, 5) is 15.1. The van der Waals surface area contributed by atoms with Crippen molar-refractivity contribution in [3.8, 4) is 0 Å². The molecule has 0 saturated heterocycles. The largest absolute Gasteiger partial charge is 0.339 e. The number of para-hydroxylation sites is 1. The van der Waals surface area contributed by atoms with Crippen LogP contribution in [0.4, 0.5) is 10.5 Å².